The van der Waals surface area contributed by atoms with E-state index in [1.165, 1.54) is 6.92 Å². The number of Topliss-reactive ketones (excluding diaryl/α,β-unsaturated/α-hetero) is 1. The van der Waals surface area contributed by atoms with Gasteiger partial charge in [-0.25, -0.2) is 0 Å². The number of carbonyl (C=O) groups excluding carboxylic acids is 1. The molecule has 2 rings (SSSR count). The number of rotatable bonds is 1. The second kappa shape index (κ2) is 3.76. The van der Waals surface area contributed by atoms with Crippen LogP contribution in [0.3, 0.4) is 0 Å². The molecular weight excluding hydrogens is 216 g/mol. The highest BCUT2D eigenvalue weighted by Gasteiger charge is 2.30. The van der Waals surface area contributed by atoms with Crippen molar-refractivity contribution in [2.75, 3.05) is 0 Å². The van der Waals surface area contributed by atoms with Gasteiger partial charge in [-0.05, 0) is 52.2 Å². The lowest BCUT2D eigenvalue weighted by Crippen LogP contribution is -2.32. The number of benzene rings is 1. The summed E-state index contributed by atoms with van der Waals surface area (Å²) in [5, 5.41) is 10.2. The zero-order chi connectivity index (χ0) is 12.8. The second-order valence-corrected chi connectivity index (χ2v) is 5.31. The topological polar surface area (TPSA) is 46.5 Å². The summed E-state index contributed by atoms with van der Waals surface area (Å²) in [6.45, 7) is 7.35. The first-order chi connectivity index (χ1) is 7.82. The fourth-order valence-corrected chi connectivity index (χ4v) is 2.36. The molecule has 0 saturated heterocycles. The van der Waals surface area contributed by atoms with Crippen LogP contribution in [0, 0.1) is 6.92 Å². The number of aryl methyl sites for hydroxylation is 1. The Morgan fingerprint density at radius 2 is 2.12 bits per heavy atom. The van der Waals surface area contributed by atoms with E-state index < -0.39 is 0 Å². The minimum atomic E-state index is -0.205. The molecule has 1 aliphatic heterocycles. The number of phenols is 1. The molecule has 1 aliphatic rings. The molecule has 0 bridgehead atoms. The van der Waals surface area contributed by atoms with E-state index in [-0.39, 0.29) is 17.1 Å². The van der Waals surface area contributed by atoms with Gasteiger partial charge in [0.15, 0.2) is 5.78 Å². The Labute approximate surface area is 101 Å². The van der Waals surface area contributed by atoms with Gasteiger partial charge in [-0.3, -0.25) is 4.79 Å². The van der Waals surface area contributed by atoms with Crippen LogP contribution in [0.25, 0.3) is 0 Å². The van der Waals surface area contributed by atoms with Gasteiger partial charge in [-0.1, -0.05) is 0 Å². The van der Waals surface area contributed by atoms with Crippen LogP contribution in [0.15, 0.2) is 6.07 Å². The molecule has 0 radical (unpaired) electrons. The van der Waals surface area contributed by atoms with Crippen LogP contribution in [0.4, 0.5) is 0 Å². The molecule has 3 heteroatoms. The minimum absolute atomic E-state index is 0.100. The third-order valence-electron chi connectivity index (χ3n) is 3.28. The smallest absolute Gasteiger partial charge is 0.163 e. The average molecular weight is 234 g/mol. The van der Waals surface area contributed by atoms with E-state index >= 15 is 0 Å². The van der Waals surface area contributed by atoms with Crippen LogP contribution >= 0.6 is 0 Å². The lowest BCUT2D eigenvalue weighted by atomic mass is 9.90. The largest absolute Gasteiger partial charge is 0.507 e. The molecule has 0 spiro atoms. The number of phenolic OH excluding ortho intramolecular Hbond substituents is 1. The molecular formula is C14H18O3. The first-order valence-electron chi connectivity index (χ1n) is 5.87. The van der Waals surface area contributed by atoms with Gasteiger partial charge in [0.25, 0.3) is 0 Å². The van der Waals surface area contributed by atoms with Gasteiger partial charge in [0.05, 0.1) is 5.56 Å². The molecule has 1 N–H and O–H groups in total. The third kappa shape index (κ3) is 2.02. The molecule has 0 unspecified atom stereocenters. The number of ketones is 1. The molecule has 17 heavy (non-hydrogen) atoms. The molecule has 0 fully saturated rings. The van der Waals surface area contributed by atoms with Crippen molar-refractivity contribution in [1.82, 2.24) is 0 Å². The summed E-state index contributed by atoms with van der Waals surface area (Å²) in [5.41, 5.74) is 1.75. The highest BCUT2D eigenvalue weighted by atomic mass is 16.5. The number of ether oxygens (including phenoxy) is 1. The van der Waals surface area contributed by atoms with Crippen molar-refractivity contribution in [1.29, 1.82) is 0 Å². The lowest BCUT2D eigenvalue weighted by Gasteiger charge is -2.33. The average Bonchev–Trinajstić information content (AvgIpc) is 2.14. The number of hydrogen-bond acceptors (Lipinski definition) is 3. The van der Waals surface area contributed by atoms with Crippen molar-refractivity contribution in [2.45, 2.75) is 46.1 Å². The Kier molecular flexibility index (Phi) is 2.64. The summed E-state index contributed by atoms with van der Waals surface area (Å²) in [4.78, 5) is 11.5. The van der Waals surface area contributed by atoms with E-state index in [2.05, 4.69) is 0 Å². The SMILES string of the molecule is CC(=O)c1c(C)cc2c(c1O)CCC(C)(C)O2. The molecule has 1 aromatic rings. The minimum Gasteiger partial charge on any atom is -0.507 e. The van der Waals surface area contributed by atoms with Crippen molar-refractivity contribution in [3.05, 3.63) is 22.8 Å². The van der Waals surface area contributed by atoms with E-state index in [0.717, 1.165) is 24.0 Å². The summed E-state index contributed by atoms with van der Waals surface area (Å²) in [6, 6.07) is 1.85. The van der Waals surface area contributed by atoms with Crippen molar-refractivity contribution in [3.63, 3.8) is 0 Å². The standard InChI is InChI=1S/C14H18O3/c1-8-7-11-10(5-6-14(3,4)17-11)13(16)12(8)9(2)15/h7,16H,5-6H2,1-4H3. The van der Waals surface area contributed by atoms with E-state index in [1.54, 1.807) is 0 Å². The van der Waals surface area contributed by atoms with E-state index in [1.807, 2.05) is 26.8 Å². The summed E-state index contributed by atoms with van der Waals surface area (Å²) < 4.78 is 5.84. The van der Waals surface area contributed by atoms with E-state index in [0.29, 0.717) is 11.3 Å². The maximum Gasteiger partial charge on any atom is 0.163 e. The van der Waals surface area contributed by atoms with Gasteiger partial charge < -0.3 is 9.84 Å². The lowest BCUT2D eigenvalue weighted by molar-refractivity contribution is 0.0834. The summed E-state index contributed by atoms with van der Waals surface area (Å²) in [7, 11) is 0. The highest BCUT2D eigenvalue weighted by molar-refractivity contribution is 5.99. The summed E-state index contributed by atoms with van der Waals surface area (Å²) in [5.74, 6) is 0.705. The Balaban J connectivity index is 2.59. The van der Waals surface area contributed by atoms with Gasteiger partial charge in [-0.15, -0.1) is 0 Å². The van der Waals surface area contributed by atoms with Gasteiger partial charge in [0, 0.05) is 5.56 Å². The van der Waals surface area contributed by atoms with Gasteiger partial charge in [0.1, 0.15) is 17.1 Å². The van der Waals surface area contributed by atoms with Gasteiger partial charge >= 0.3 is 0 Å². The fraction of sp³-hybridized carbons (Fsp3) is 0.500. The van der Waals surface area contributed by atoms with Crippen molar-refractivity contribution in [2.24, 2.45) is 0 Å². The van der Waals surface area contributed by atoms with Crippen molar-refractivity contribution < 1.29 is 14.6 Å². The normalized spacial score (nSPS) is 17.2. The van der Waals surface area contributed by atoms with E-state index in [9.17, 15) is 9.90 Å². The maximum absolute atomic E-state index is 11.5. The van der Waals surface area contributed by atoms with Crippen LogP contribution < -0.4 is 4.74 Å². The van der Waals surface area contributed by atoms with Gasteiger partial charge in [0.2, 0.25) is 0 Å². The molecule has 0 atom stereocenters. The maximum atomic E-state index is 11.5. The van der Waals surface area contributed by atoms with Crippen LogP contribution in [0.1, 0.15) is 48.7 Å². The number of carbonyl (C=O) groups is 1. The third-order valence-corrected chi connectivity index (χ3v) is 3.28. The number of fused-ring (bicyclic) bond motifs is 1. The second-order valence-electron chi connectivity index (χ2n) is 5.31. The molecule has 3 nitrogen and oxygen atoms in total. The zero-order valence-electron chi connectivity index (χ0n) is 10.8. The van der Waals surface area contributed by atoms with Gasteiger partial charge in [-0.2, -0.15) is 0 Å². The Morgan fingerprint density at radius 1 is 1.47 bits per heavy atom. The Bertz CT molecular complexity index is 487. The fourth-order valence-electron chi connectivity index (χ4n) is 2.36. The molecule has 1 heterocycles. The Hall–Kier alpha value is -1.51. The predicted molar refractivity (Wildman–Crippen MR) is 65.9 cm³/mol. The van der Waals surface area contributed by atoms with Crippen LogP contribution in [-0.2, 0) is 6.42 Å². The van der Waals surface area contributed by atoms with Crippen molar-refractivity contribution >= 4 is 5.78 Å². The predicted octanol–water partition coefficient (Wildman–Crippen LogP) is 3.01. The molecule has 92 valence electrons. The summed E-state index contributed by atoms with van der Waals surface area (Å²) in [6.07, 6.45) is 1.59. The zero-order valence-corrected chi connectivity index (χ0v) is 10.8. The highest BCUT2D eigenvalue weighted by Crippen LogP contribution is 2.41. The van der Waals surface area contributed by atoms with Crippen LogP contribution in [-0.4, -0.2) is 16.5 Å². The number of aromatic hydroxyl groups is 1. The molecule has 1 aromatic carbocycles. The molecule has 0 saturated carbocycles. The summed E-state index contributed by atoms with van der Waals surface area (Å²) >= 11 is 0. The quantitative estimate of drug-likeness (QED) is 0.760. The number of hydrogen-bond donors (Lipinski definition) is 1. The monoisotopic (exact) mass is 234 g/mol. The van der Waals surface area contributed by atoms with Crippen LogP contribution in [0.2, 0.25) is 0 Å². The molecule has 0 aliphatic carbocycles. The first kappa shape index (κ1) is 12.0. The van der Waals surface area contributed by atoms with Crippen molar-refractivity contribution in [3.8, 4) is 11.5 Å². The van der Waals surface area contributed by atoms with E-state index in [4.69, 9.17) is 4.74 Å². The first-order valence-corrected chi connectivity index (χ1v) is 5.87. The molecule has 0 amide bonds. The van der Waals surface area contributed by atoms with Crippen LogP contribution in [0.5, 0.6) is 11.5 Å². The Morgan fingerprint density at radius 3 is 2.71 bits per heavy atom. The molecule has 0 aromatic heterocycles.